The monoisotopic (exact) mass is 452 g/mol. The molecule has 0 radical (unpaired) electrons. The normalized spacial score (nSPS) is 14.2. The van der Waals surface area contributed by atoms with Gasteiger partial charge in [0.05, 0.1) is 23.3 Å². The number of nitrogens with zero attached hydrogens (tertiary/aromatic N) is 2. The maximum Gasteiger partial charge on any atom is 0.210 e. The molecule has 1 fully saturated rings. The number of hydrogen-bond acceptors (Lipinski definition) is 4. The molecule has 3 aromatic carbocycles. The maximum absolute atomic E-state index is 6.27. The van der Waals surface area contributed by atoms with Gasteiger partial charge in [-0.1, -0.05) is 116 Å². The van der Waals surface area contributed by atoms with E-state index in [1.807, 2.05) is 42.6 Å². The molecule has 4 heteroatoms. The van der Waals surface area contributed by atoms with Gasteiger partial charge < -0.3 is 4.74 Å². The van der Waals surface area contributed by atoms with Crippen LogP contribution in [-0.4, -0.2) is 16.8 Å². The van der Waals surface area contributed by atoms with E-state index in [2.05, 4.69) is 53.5 Å². The Balaban J connectivity index is 1.42. The van der Waals surface area contributed by atoms with Crippen LogP contribution in [0.4, 0.5) is 5.13 Å². The maximum atomic E-state index is 6.27. The quantitative estimate of drug-likeness (QED) is 0.268. The van der Waals surface area contributed by atoms with E-state index < -0.39 is 0 Å². The molecule has 1 aromatic heterocycles. The molecule has 0 spiro atoms. The van der Waals surface area contributed by atoms with E-state index in [1.54, 1.807) is 11.3 Å². The van der Waals surface area contributed by atoms with Gasteiger partial charge in [-0.2, -0.15) is 0 Å². The van der Waals surface area contributed by atoms with Gasteiger partial charge in [-0.05, 0) is 24.0 Å². The van der Waals surface area contributed by atoms with Gasteiger partial charge in [0.2, 0.25) is 5.13 Å². The molecule has 1 saturated carbocycles. The lowest BCUT2D eigenvalue weighted by Gasteiger charge is -2.22. The van der Waals surface area contributed by atoms with E-state index >= 15 is 0 Å². The van der Waals surface area contributed by atoms with Crippen molar-refractivity contribution >= 4 is 22.2 Å². The van der Waals surface area contributed by atoms with E-state index in [4.69, 9.17) is 9.73 Å². The first-order chi connectivity index (χ1) is 16.4. The lowest BCUT2D eigenvalue weighted by molar-refractivity contribution is 0.0171. The molecule has 33 heavy (non-hydrogen) atoms. The Hall–Kier alpha value is -3.08. The predicted molar refractivity (Wildman–Crippen MR) is 137 cm³/mol. The molecule has 1 heterocycles. The number of rotatable bonds is 7. The van der Waals surface area contributed by atoms with Gasteiger partial charge in [-0.3, -0.25) is 0 Å². The van der Waals surface area contributed by atoms with Crippen LogP contribution in [0.3, 0.4) is 0 Å². The molecule has 4 aromatic rings. The summed E-state index contributed by atoms with van der Waals surface area (Å²) >= 11 is 1.63. The van der Waals surface area contributed by atoms with E-state index in [9.17, 15) is 0 Å². The van der Waals surface area contributed by atoms with E-state index in [0.29, 0.717) is 12.7 Å². The zero-order chi connectivity index (χ0) is 22.3. The third-order valence-corrected chi connectivity index (χ3v) is 7.03. The third kappa shape index (κ3) is 5.47. The van der Waals surface area contributed by atoms with E-state index in [0.717, 1.165) is 26.8 Å². The van der Waals surface area contributed by atoms with Crippen molar-refractivity contribution in [1.82, 2.24) is 4.98 Å². The molecule has 1 aliphatic carbocycles. The number of ether oxygens (including phenoxy) is 1. The SMILES string of the molecule is c1ccc(C(=Nc2ncc(-c3ccccc3COC3CCCCC3)s2)c2ccccc2)cc1. The Labute approximate surface area is 199 Å². The van der Waals surface area contributed by atoms with Crippen molar-refractivity contribution in [2.75, 3.05) is 0 Å². The van der Waals surface area contributed by atoms with Crippen LogP contribution >= 0.6 is 11.3 Å². The summed E-state index contributed by atoms with van der Waals surface area (Å²) in [6.45, 7) is 0.649. The first-order valence-electron chi connectivity index (χ1n) is 11.7. The van der Waals surface area contributed by atoms with Crippen molar-refractivity contribution in [3.05, 3.63) is 108 Å². The Bertz CT molecular complexity index is 1150. The Morgan fingerprint density at radius 1 is 0.818 bits per heavy atom. The highest BCUT2D eigenvalue weighted by Gasteiger charge is 2.16. The molecule has 166 valence electrons. The molecule has 0 atom stereocenters. The summed E-state index contributed by atoms with van der Waals surface area (Å²) in [5, 5.41) is 0.760. The highest BCUT2D eigenvalue weighted by atomic mass is 32.1. The van der Waals surface area contributed by atoms with Crippen molar-refractivity contribution in [2.45, 2.75) is 44.8 Å². The zero-order valence-electron chi connectivity index (χ0n) is 18.7. The van der Waals surface area contributed by atoms with Gasteiger partial charge in [-0.15, -0.1) is 0 Å². The molecule has 5 rings (SSSR count). The number of benzene rings is 3. The van der Waals surface area contributed by atoms with Crippen LogP contribution in [0.1, 0.15) is 48.8 Å². The van der Waals surface area contributed by atoms with Gasteiger partial charge in [0, 0.05) is 17.3 Å². The Morgan fingerprint density at radius 3 is 2.15 bits per heavy atom. The van der Waals surface area contributed by atoms with Crippen LogP contribution in [0.25, 0.3) is 10.4 Å². The molecule has 0 bridgehead atoms. The smallest absolute Gasteiger partial charge is 0.210 e. The van der Waals surface area contributed by atoms with Crippen molar-refractivity contribution in [2.24, 2.45) is 4.99 Å². The van der Waals surface area contributed by atoms with Crippen molar-refractivity contribution in [1.29, 1.82) is 0 Å². The first-order valence-corrected chi connectivity index (χ1v) is 12.5. The minimum atomic E-state index is 0.396. The second kappa shape index (κ2) is 10.7. The summed E-state index contributed by atoms with van der Waals surface area (Å²) in [5.41, 5.74) is 5.51. The summed E-state index contributed by atoms with van der Waals surface area (Å²) in [6.07, 6.45) is 8.62. The van der Waals surface area contributed by atoms with Crippen LogP contribution in [0, 0.1) is 0 Å². The van der Waals surface area contributed by atoms with Gasteiger partial charge in [0.1, 0.15) is 0 Å². The zero-order valence-corrected chi connectivity index (χ0v) is 19.5. The fourth-order valence-corrected chi connectivity index (χ4v) is 5.20. The minimum Gasteiger partial charge on any atom is -0.374 e. The molecule has 3 nitrogen and oxygen atoms in total. The number of aromatic nitrogens is 1. The summed E-state index contributed by atoms with van der Waals surface area (Å²) < 4.78 is 6.27. The lowest BCUT2D eigenvalue weighted by atomic mass is 9.97. The highest BCUT2D eigenvalue weighted by molar-refractivity contribution is 7.18. The van der Waals surface area contributed by atoms with Crippen LogP contribution in [0.15, 0.2) is 96.1 Å². The van der Waals surface area contributed by atoms with Gasteiger partial charge in [0.15, 0.2) is 0 Å². The number of hydrogen-bond donors (Lipinski definition) is 0. The van der Waals surface area contributed by atoms with E-state index in [1.165, 1.54) is 43.2 Å². The summed E-state index contributed by atoms with van der Waals surface area (Å²) in [7, 11) is 0. The van der Waals surface area contributed by atoms with Crippen LogP contribution in [-0.2, 0) is 11.3 Å². The second-order valence-electron chi connectivity index (χ2n) is 8.43. The first kappa shape index (κ1) is 21.7. The van der Waals surface area contributed by atoms with E-state index in [-0.39, 0.29) is 0 Å². The highest BCUT2D eigenvalue weighted by Crippen LogP contribution is 2.34. The molecule has 0 aliphatic heterocycles. The minimum absolute atomic E-state index is 0.396. The van der Waals surface area contributed by atoms with Gasteiger partial charge in [0.25, 0.3) is 0 Å². The number of thiazole rings is 1. The van der Waals surface area contributed by atoms with Crippen molar-refractivity contribution in [3.8, 4) is 10.4 Å². The predicted octanol–water partition coefficient (Wildman–Crippen LogP) is 7.83. The Kier molecular flexibility index (Phi) is 7.05. The summed E-state index contributed by atoms with van der Waals surface area (Å²) in [6, 6.07) is 29.1. The average molecular weight is 453 g/mol. The van der Waals surface area contributed by atoms with Crippen molar-refractivity contribution in [3.63, 3.8) is 0 Å². The largest absolute Gasteiger partial charge is 0.374 e. The van der Waals surface area contributed by atoms with Crippen LogP contribution in [0.5, 0.6) is 0 Å². The summed E-state index contributed by atoms with van der Waals surface area (Å²) in [4.78, 5) is 10.8. The molecule has 0 saturated heterocycles. The Morgan fingerprint density at radius 2 is 1.45 bits per heavy atom. The second-order valence-corrected chi connectivity index (χ2v) is 9.44. The van der Waals surface area contributed by atoms with Gasteiger partial charge >= 0.3 is 0 Å². The molecule has 0 unspecified atom stereocenters. The lowest BCUT2D eigenvalue weighted by Crippen LogP contribution is -2.16. The van der Waals surface area contributed by atoms with Crippen LogP contribution < -0.4 is 0 Å². The standard InChI is InChI=1S/C29H28N2OS/c1-4-12-22(13-5-1)28(23-14-6-2-7-15-23)31-29-30-20-27(33-29)26-19-11-10-16-24(26)21-32-25-17-8-3-9-18-25/h1-2,4-7,10-16,19-20,25H,3,8-9,17-18,21H2. The molecule has 0 N–H and O–H groups in total. The fraction of sp³-hybridized carbons (Fsp3) is 0.241. The average Bonchev–Trinajstić information content (AvgIpc) is 3.36. The third-order valence-electron chi connectivity index (χ3n) is 6.10. The molecular weight excluding hydrogens is 424 g/mol. The molecule has 1 aliphatic rings. The number of aliphatic imine (C=N–C) groups is 1. The molecular formula is C29H28N2OS. The van der Waals surface area contributed by atoms with Crippen molar-refractivity contribution < 1.29 is 4.74 Å². The van der Waals surface area contributed by atoms with Gasteiger partial charge in [-0.25, -0.2) is 9.98 Å². The van der Waals surface area contributed by atoms with Crippen LogP contribution in [0.2, 0.25) is 0 Å². The molecule has 0 amide bonds. The fourth-order valence-electron chi connectivity index (χ4n) is 4.35. The summed E-state index contributed by atoms with van der Waals surface area (Å²) in [5.74, 6) is 0. The topological polar surface area (TPSA) is 34.5 Å².